The van der Waals surface area contributed by atoms with Gasteiger partial charge in [-0.05, 0) is 32.6 Å². The zero-order valence-corrected chi connectivity index (χ0v) is 12.2. The molecule has 1 fully saturated rings. The van der Waals surface area contributed by atoms with Crippen molar-refractivity contribution in [2.75, 3.05) is 6.73 Å². The Bertz CT molecular complexity index is 262. The maximum atomic E-state index is 14.1. The molecular formula is C14H28FNO2. The summed E-state index contributed by atoms with van der Waals surface area (Å²) in [6, 6.07) is 0. The van der Waals surface area contributed by atoms with E-state index in [1.54, 1.807) is 0 Å². The van der Waals surface area contributed by atoms with Crippen molar-refractivity contribution in [3.8, 4) is 0 Å². The Morgan fingerprint density at radius 1 is 1.39 bits per heavy atom. The van der Waals surface area contributed by atoms with Gasteiger partial charge in [-0.15, -0.1) is 0 Å². The minimum Gasteiger partial charge on any atom is -0.393 e. The quantitative estimate of drug-likeness (QED) is 0.747. The van der Waals surface area contributed by atoms with Crippen LogP contribution in [-0.2, 0) is 4.74 Å². The lowest BCUT2D eigenvalue weighted by Gasteiger charge is -2.45. The van der Waals surface area contributed by atoms with Crippen LogP contribution in [0.5, 0.6) is 0 Å². The number of aliphatic hydroxyl groups excluding tert-OH is 1. The van der Waals surface area contributed by atoms with Crippen LogP contribution in [0.15, 0.2) is 0 Å². The van der Waals surface area contributed by atoms with E-state index in [2.05, 4.69) is 19.2 Å². The van der Waals surface area contributed by atoms with E-state index >= 15 is 0 Å². The monoisotopic (exact) mass is 261 g/mol. The van der Waals surface area contributed by atoms with Gasteiger partial charge in [-0.1, -0.05) is 20.8 Å². The highest BCUT2D eigenvalue weighted by molar-refractivity contribution is 5.01. The largest absolute Gasteiger partial charge is 0.393 e. The van der Waals surface area contributed by atoms with Crippen LogP contribution >= 0.6 is 0 Å². The van der Waals surface area contributed by atoms with Gasteiger partial charge in [-0.3, -0.25) is 5.32 Å². The average Bonchev–Trinajstić information content (AvgIpc) is 2.32. The number of ether oxygens (including phenoxy) is 1. The van der Waals surface area contributed by atoms with Gasteiger partial charge < -0.3 is 9.84 Å². The Balaban J connectivity index is 2.51. The number of aliphatic hydroxyl groups is 1. The topological polar surface area (TPSA) is 41.5 Å². The first-order chi connectivity index (χ1) is 8.29. The van der Waals surface area contributed by atoms with Gasteiger partial charge in [0.05, 0.1) is 24.5 Å². The molecule has 0 aromatic carbocycles. The molecular weight excluding hydrogens is 233 g/mol. The molecule has 108 valence electrons. The number of hydrogen-bond acceptors (Lipinski definition) is 3. The molecule has 1 unspecified atom stereocenters. The van der Waals surface area contributed by atoms with E-state index in [1.807, 2.05) is 20.8 Å². The zero-order chi connectivity index (χ0) is 13.9. The van der Waals surface area contributed by atoms with Crippen LogP contribution < -0.4 is 5.32 Å². The van der Waals surface area contributed by atoms with Gasteiger partial charge in [0.1, 0.15) is 6.17 Å². The summed E-state index contributed by atoms with van der Waals surface area (Å²) in [6.45, 7) is 10.3. The highest BCUT2D eigenvalue weighted by atomic mass is 19.1. The third-order valence-electron chi connectivity index (χ3n) is 4.63. The van der Waals surface area contributed by atoms with Gasteiger partial charge in [-0.25, -0.2) is 4.39 Å². The van der Waals surface area contributed by atoms with Gasteiger partial charge in [0, 0.05) is 5.92 Å². The van der Waals surface area contributed by atoms with Gasteiger partial charge >= 0.3 is 0 Å². The fraction of sp³-hybridized carbons (Fsp3) is 1.00. The highest BCUT2D eigenvalue weighted by Gasteiger charge is 2.46. The van der Waals surface area contributed by atoms with Crippen LogP contribution in [-0.4, -0.2) is 35.8 Å². The predicted molar refractivity (Wildman–Crippen MR) is 71.1 cm³/mol. The van der Waals surface area contributed by atoms with Crippen molar-refractivity contribution in [2.24, 2.45) is 11.8 Å². The standard InChI is InChI=1S/C14H28FNO2/c1-9(2)11(4)18-8-16-14(5)10(3)12(17)6-7-13(14)15/h9-13,16-17H,6-8H2,1-5H3/t10?,11-,12+,13-,14-/m0/s1. The van der Waals surface area contributed by atoms with Crippen LogP contribution in [0.4, 0.5) is 4.39 Å². The first-order valence-electron chi connectivity index (χ1n) is 6.97. The van der Waals surface area contributed by atoms with Gasteiger partial charge in [0.15, 0.2) is 0 Å². The molecule has 0 bridgehead atoms. The smallest absolute Gasteiger partial charge is 0.118 e. The summed E-state index contributed by atoms with van der Waals surface area (Å²) in [7, 11) is 0. The van der Waals surface area contributed by atoms with Gasteiger partial charge in [0.2, 0.25) is 0 Å². The van der Waals surface area contributed by atoms with E-state index in [0.717, 1.165) is 0 Å². The van der Waals surface area contributed by atoms with Crippen molar-refractivity contribution < 1.29 is 14.2 Å². The average molecular weight is 261 g/mol. The molecule has 4 heteroatoms. The molecule has 0 heterocycles. The summed E-state index contributed by atoms with van der Waals surface area (Å²) in [5.74, 6) is 0.328. The second kappa shape index (κ2) is 6.31. The van der Waals surface area contributed by atoms with E-state index in [-0.39, 0.29) is 12.0 Å². The first-order valence-corrected chi connectivity index (χ1v) is 6.97. The normalized spacial score (nSPS) is 39.0. The maximum Gasteiger partial charge on any atom is 0.118 e. The maximum absolute atomic E-state index is 14.1. The zero-order valence-electron chi connectivity index (χ0n) is 12.2. The van der Waals surface area contributed by atoms with E-state index in [9.17, 15) is 9.50 Å². The van der Waals surface area contributed by atoms with Crippen molar-refractivity contribution >= 4 is 0 Å². The second-order valence-corrected chi connectivity index (χ2v) is 6.12. The van der Waals surface area contributed by atoms with E-state index in [1.165, 1.54) is 0 Å². The fourth-order valence-corrected chi connectivity index (χ4v) is 2.34. The van der Waals surface area contributed by atoms with E-state index in [4.69, 9.17) is 4.74 Å². The van der Waals surface area contributed by atoms with Crippen LogP contribution in [0.1, 0.15) is 47.5 Å². The van der Waals surface area contributed by atoms with Crippen LogP contribution in [0.25, 0.3) is 0 Å². The second-order valence-electron chi connectivity index (χ2n) is 6.12. The predicted octanol–water partition coefficient (Wildman–Crippen LogP) is 2.48. The molecule has 0 spiro atoms. The molecule has 1 saturated carbocycles. The molecule has 0 radical (unpaired) electrons. The molecule has 3 nitrogen and oxygen atoms in total. The Morgan fingerprint density at radius 2 is 2.00 bits per heavy atom. The third kappa shape index (κ3) is 3.43. The molecule has 1 aliphatic carbocycles. The number of nitrogens with one attached hydrogen (secondary N) is 1. The van der Waals surface area contributed by atoms with Crippen molar-refractivity contribution in [1.82, 2.24) is 5.32 Å². The Labute approximate surface area is 110 Å². The van der Waals surface area contributed by atoms with E-state index in [0.29, 0.717) is 25.5 Å². The third-order valence-corrected chi connectivity index (χ3v) is 4.63. The highest BCUT2D eigenvalue weighted by Crippen LogP contribution is 2.35. The lowest BCUT2D eigenvalue weighted by Crippen LogP contribution is -2.61. The van der Waals surface area contributed by atoms with Crippen LogP contribution in [0.3, 0.4) is 0 Å². The SMILES string of the molecule is CC(C)[C@H](C)OCN[C@@]1(C)C(C)[C@H](O)CC[C@@H]1F. The molecule has 1 aliphatic rings. The summed E-state index contributed by atoms with van der Waals surface area (Å²) in [5.41, 5.74) is -0.700. The molecule has 2 N–H and O–H groups in total. The lowest BCUT2D eigenvalue weighted by atomic mass is 9.72. The lowest BCUT2D eigenvalue weighted by molar-refractivity contribution is -0.0590. The summed E-state index contributed by atoms with van der Waals surface area (Å²) in [6.07, 6.45) is -0.272. The molecule has 0 aliphatic heterocycles. The van der Waals surface area contributed by atoms with Crippen LogP contribution in [0, 0.1) is 11.8 Å². The van der Waals surface area contributed by atoms with Gasteiger partial charge in [0.25, 0.3) is 0 Å². The molecule has 1 rings (SSSR count). The minimum absolute atomic E-state index is 0.112. The molecule has 0 aromatic heterocycles. The van der Waals surface area contributed by atoms with Crippen molar-refractivity contribution in [3.63, 3.8) is 0 Å². The van der Waals surface area contributed by atoms with E-state index < -0.39 is 17.8 Å². The molecule has 5 atom stereocenters. The fourth-order valence-electron chi connectivity index (χ4n) is 2.34. The Hall–Kier alpha value is -0.190. The summed E-state index contributed by atoms with van der Waals surface area (Å²) >= 11 is 0. The minimum atomic E-state index is -0.936. The summed E-state index contributed by atoms with van der Waals surface area (Å²) < 4.78 is 19.8. The Morgan fingerprint density at radius 3 is 2.56 bits per heavy atom. The molecule has 18 heavy (non-hydrogen) atoms. The first kappa shape index (κ1) is 15.9. The van der Waals surface area contributed by atoms with Crippen LogP contribution in [0.2, 0.25) is 0 Å². The van der Waals surface area contributed by atoms with Crippen molar-refractivity contribution in [2.45, 2.75) is 71.4 Å². The molecule has 0 amide bonds. The number of alkyl halides is 1. The summed E-state index contributed by atoms with van der Waals surface area (Å²) in [5, 5.41) is 13.0. The Kier molecular flexibility index (Phi) is 5.56. The summed E-state index contributed by atoms with van der Waals surface area (Å²) in [4.78, 5) is 0. The molecule has 0 saturated heterocycles. The number of halogens is 1. The molecule has 0 aromatic rings. The number of rotatable bonds is 5. The van der Waals surface area contributed by atoms with Crippen molar-refractivity contribution in [3.05, 3.63) is 0 Å². The van der Waals surface area contributed by atoms with Gasteiger partial charge in [-0.2, -0.15) is 0 Å². The van der Waals surface area contributed by atoms with Crippen molar-refractivity contribution in [1.29, 1.82) is 0 Å². The number of hydrogen-bond donors (Lipinski definition) is 2.